The molecule has 0 heterocycles. The fourth-order valence-corrected chi connectivity index (χ4v) is 1.97. The highest BCUT2D eigenvalue weighted by molar-refractivity contribution is 14.0. The molecule has 0 aliphatic rings. The molecule has 0 aliphatic heterocycles. The van der Waals surface area contributed by atoms with Crippen molar-refractivity contribution in [3.8, 4) is 0 Å². The number of guanidine groups is 1. The van der Waals surface area contributed by atoms with Gasteiger partial charge in [0, 0.05) is 24.7 Å². The molecule has 24 heavy (non-hydrogen) atoms. The summed E-state index contributed by atoms with van der Waals surface area (Å²) in [5.74, 6) is 0.896. The highest BCUT2D eigenvalue weighted by atomic mass is 127. The summed E-state index contributed by atoms with van der Waals surface area (Å²) in [6, 6.07) is 8.24. The van der Waals surface area contributed by atoms with Gasteiger partial charge in [0.1, 0.15) is 0 Å². The SMILES string of the molecule is CCCC(=O)Nc1ccc(CN=C(NCC)NC(C)CC)cc1.I. The van der Waals surface area contributed by atoms with Gasteiger partial charge in [-0.05, 0) is 44.4 Å². The van der Waals surface area contributed by atoms with Crippen molar-refractivity contribution in [3.05, 3.63) is 29.8 Å². The Balaban J connectivity index is 0.00000529. The van der Waals surface area contributed by atoms with E-state index in [2.05, 4.69) is 41.7 Å². The second-order valence-corrected chi connectivity index (χ2v) is 5.64. The Morgan fingerprint density at radius 2 is 1.83 bits per heavy atom. The molecule has 136 valence electrons. The van der Waals surface area contributed by atoms with Gasteiger partial charge >= 0.3 is 0 Å². The maximum absolute atomic E-state index is 11.6. The van der Waals surface area contributed by atoms with Crippen LogP contribution in [0.3, 0.4) is 0 Å². The molecule has 0 aliphatic carbocycles. The summed E-state index contributed by atoms with van der Waals surface area (Å²) in [6.45, 7) is 9.78. The normalized spacial score (nSPS) is 12.1. The van der Waals surface area contributed by atoms with E-state index in [-0.39, 0.29) is 29.9 Å². The van der Waals surface area contributed by atoms with Gasteiger partial charge in [-0.2, -0.15) is 0 Å². The van der Waals surface area contributed by atoms with Crippen LogP contribution in [-0.2, 0) is 11.3 Å². The van der Waals surface area contributed by atoms with Gasteiger partial charge in [0.05, 0.1) is 6.54 Å². The van der Waals surface area contributed by atoms with E-state index in [0.717, 1.165) is 36.6 Å². The lowest BCUT2D eigenvalue weighted by atomic mass is 10.2. The molecular weight excluding hydrogens is 415 g/mol. The van der Waals surface area contributed by atoms with Gasteiger partial charge in [0.15, 0.2) is 5.96 Å². The van der Waals surface area contributed by atoms with E-state index in [0.29, 0.717) is 19.0 Å². The predicted molar refractivity (Wildman–Crippen MR) is 113 cm³/mol. The first-order chi connectivity index (χ1) is 11.1. The Morgan fingerprint density at radius 1 is 1.17 bits per heavy atom. The van der Waals surface area contributed by atoms with Gasteiger partial charge in [-0.1, -0.05) is 26.0 Å². The number of carbonyl (C=O) groups is 1. The molecule has 1 unspecified atom stereocenters. The third kappa shape index (κ3) is 9.10. The highest BCUT2D eigenvalue weighted by Gasteiger charge is 2.03. The molecule has 3 N–H and O–H groups in total. The molecule has 1 aromatic carbocycles. The zero-order valence-corrected chi connectivity index (χ0v) is 17.5. The van der Waals surface area contributed by atoms with Gasteiger partial charge < -0.3 is 16.0 Å². The van der Waals surface area contributed by atoms with Crippen molar-refractivity contribution in [2.75, 3.05) is 11.9 Å². The minimum atomic E-state index is 0. The summed E-state index contributed by atoms with van der Waals surface area (Å²) in [5, 5.41) is 9.51. The Labute approximate surface area is 163 Å². The van der Waals surface area contributed by atoms with Crippen molar-refractivity contribution in [1.29, 1.82) is 0 Å². The second-order valence-electron chi connectivity index (χ2n) is 5.64. The molecule has 0 radical (unpaired) electrons. The number of rotatable bonds is 8. The monoisotopic (exact) mass is 446 g/mol. The summed E-state index contributed by atoms with van der Waals surface area (Å²) >= 11 is 0. The third-order valence-corrected chi connectivity index (χ3v) is 3.47. The average Bonchev–Trinajstić information content (AvgIpc) is 2.54. The molecule has 0 saturated carbocycles. The Bertz CT molecular complexity index is 502. The smallest absolute Gasteiger partial charge is 0.224 e. The minimum absolute atomic E-state index is 0. The largest absolute Gasteiger partial charge is 0.357 e. The lowest BCUT2D eigenvalue weighted by Gasteiger charge is -2.16. The maximum Gasteiger partial charge on any atom is 0.224 e. The van der Waals surface area contributed by atoms with Gasteiger partial charge in [0.25, 0.3) is 0 Å². The quantitative estimate of drug-likeness (QED) is 0.323. The first kappa shape index (κ1) is 22.7. The first-order valence-corrected chi connectivity index (χ1v) is 8.52. The lowest BCUT2D eigenvalue weighted by molar-refractivity contribution is -0.116. The van der Waals surface area contributed by atoms with Crippen LogP contribution < -0.4 is 16.0 Å². The number of halogens is 1. The van der Waals surface area contributed by atoms with E-state index in [1.165, 1.54) is 0 Å². The Morgan fingerprint density at radius 3 is 2.38 bits per heavy atom. The number of hydrogen-bond acceptors (Lipinski definition) is 2. The van der Waals surface area contributed by atoms with Crippen molar-refractivity contribution in [1.82, 2.24) is 10.6 Å². The number of nitrogens with zero attached hydrogens (tertiary/aromatic N) is 1. The van der Waals surface area contributed by atoms with Crippen LogP contribution in [0.15, 0.2) is 29.3 Å². The van der Waals surface area contributed by atoms with E-state index >= 15 is 0 Å². The third-order valence-electron chi connectivity index (χ3n) is 3.47. The summed E-state index contributed by atoms with van der Waals surface area (Å²) < 4.78 is 0. The van der Waals surface area contributed by atoms with Gasteiger partial charge in [0.2, 0.25) is 5.91 Å². The number of aliphatic imine (C=N–C) groups is 1. The molecule has 0 spiro atoms. The van der Waals surface area contributed by atoms with Crippen LogP contribution in [0.1, 0.15) is 52.5 Å². The maximum atomic E-state index is 11.6. The summed E-state index contributed by atoms with van der Waals surface area (Å²) in [5.41, 5.74) is 1.95. The van der Waals surface area contributed by atoms with Crippen LogP contribution in [0.5, 0.6) is 0 Å². The number of nitrogens with one attached hydrogen (secondary N) is 3. The van der Waals surface area contributed by atoms with Crippen LogP contribution in [0.25, 0.3) is 0 Å². The molecule has 6 heteroatoms. The minimum Gasteiger partial charge on any atom is -0.357 e. The van der Waals surface area contributed by atoms with Crippen LogP contribution >= 0.6 is 24.0 Å². The van der Waals surface area contributed by atoms with Crippen molar-refractivity contribution in [3.63, 3.8) is 0 Å². The van der Waals surface area contributed by atoms with Crippen LogP contribution in [-0.4, -0.2) is 24.5 Å². The number of carbonyl (C=O) groups excluding carboxylic acids is 1. The molecule has 1 amide bonds. The zero-order chi connectivity index (χ0) is 17.1. The molecule has 5 nitrogen and oxygen atoms in total. The summed E-state index contributed by atoms with van der Waals surface area (Å²) in [6.07, 6.45) is 2.46. The van der Waals surface area contributed by atoms with E-state index in [1.807, 2.05) is 31.2 Å². The molecule has 0 bridgehead atoms. The van der Waals surface area contributed by atoms with Crippen LogP contribution in [0.4, 0.5) is 5.69 Å². The fourth-order valence-electron chi connectivity index (χ4n) is 1.97. The number of anilines is 1. The van der Waals surface area contributed by atoms with E-state index in [1.54, 1.807) is 0 Å². The molecule has 0 fully saturated rings. The topological polar surface area (TPSA) is 65.5 Å². The zero-order valence-electron chi connectivity index (χ0n) is 15.2. The first-order valence-electron chi connectivity index (χ1n) is 8.52. The molecular formula is C18H31IN4O. The van der Waals surface area contributed by atoms with E-state index < -0.39 is 0 Å². The van der Waals surface area contributed by atoms with Gasteiger partial charge in [-0.3, -0.25) is 4.79 Å². The van der Waals surface area contributed by atoms with E-state index in [4.69, 9.17) is 0 Å². The van der Waals surface area contributed by atoms with Crippen molar-refractivity contribution in [2.45, 2.75) is 59.5 Å². The van der Waals surface area contributed by atoms with Crippen molar-refractivity contribution in [2.24, 2.45) is 4.99 Å². The Kier molecular flexibility index (Phi) is 12.3. The number of benzene rings is 1. The highest BCUT2D eigenvalue weighted by Crippen LogP contribution is 2.11. The summed E-state index contributed by atoms with van der Waals surface area (Å²) in [7, 11) is 0. The number of amides is 1. The van der Waals surface area contributed by atoms with Crippen molar-refractivity contribution < 1.29 is 4.79 Å². The second kappa shape index (κ2) is 13.0. The Hall–Kier alpha value is -1.31. The molecule has 0 saturated heterocycles. The summed E-state index contributed by atoms with van der Waals surface area (Å²) in [4.78, 5) is 16.2. The fraction of sp³-hybridized carbons (Fsp3) is 0.556. The predicted octanol–water partition coefficient (Wildman–Crippen LogP) is 3.90. The molecule has 1 rings (SSSR count). The molecule has 0 aromatic heterocycles. The molecule has 1 aromatic rings. The lowest BCUT2D eigenvalue weighted by Crippen LogP contribution is -2.41. The standard InChI is InChI=1S/C18H30N4O.HI/c1-5-8-17(23)22-16-11-9-15(10-12-16)13-20-18(19-7-3)21-14(4)6-2;/h9-12,14H,5-8,13H2,1-4H3,(H,22,23)(H2,19,20,21);1H. The molecule has 1 atom stereocenters. The number of hydrogen-bond donors (Lipinski definition) is 3. The van der Waals surface area contributed by atoms with Crippen LogP contribution in [0, 0.1) is 0 Å². The van der Waals surface area contributed by atoms with Gasteiger partial charge in [-0.15, -0.1) is 24.0 Å². The van der Waals surface area contributed by atoms with Crippen molar-refractivity contribution >= 4 is 41.5 Å². The van der Waals surface area contributed by atoms with Gasteiger partial charge in [-0.25, -0.2) is 4.99 Å². The van der Waals surface area contributed by atoms with E-state index in [9.17, 15) is 4.79 Å². The average molecular weight is 446 g/mol. The van der Waals surface area contributed by atoms with Crippen LogP contribution in [0.2, 0.25) is 0 Å².